The molecule has 0 saturated heterocycles. The van der Waals surface area contributed by atoms with Gasteiger partial charge in [0.15, 0.2) is 11.5 Å². The van der Waals surface area contributed by atoms with Crippen LogP contribution >= 0.6 is 0 Å². The van der Waals surface area contributed by atoms with Crippen LogP contribution in [0.15, 0.2) is 23.9 Å². The molecule has 100 valence electrons. The van der Waals surface area contributed by atoms with Crippen LogP contribution in [0.3, 0.4) is 0 Å². The first-order chi connectivity index (χ1) is 9.24. The highest BCUT2D eigenvalue weighted by molar-refractivity contribution is 5.95. The molecule has 1 aromatic carbocycles. The molecular weight excluding hydrogens is 250 g/mol. The lowest BCUT2D eigenvalue weighted by Gasteiger charge is -2.05. The Morgan fingerprint density at radius 2 is 2.21 bits per heavy atom. The normalized spacial score (nSPS) is 13.0. The number of fused-ring (bicyclic) bond motifs is 1. The van der Waals surface area contributed by atoms with Gasteiger partial charge in [0.05, 0.1) is 6.61 Å². The third kappa shape index (κ3) is 3.04. The van der Waals surface area contributed by atoms with E-state index in [-0.39, 0.29) is 19.1 Å². The second kappa shape index (κ2) is 5.90. The van der Waals surface area contributed by atoms with Crippen molar-refractivity contribution in [2.45, 2.75) is 6.92 Å². The molecule has 6 heteroatoms. The minimum absolute atomic E-state index is 0.0655. The molecular formula is C13H13NO5. The Hall–Kier alpha value is -2.50. The summed E-state index contributed by atoms with van der Waals surface area (Å²) in [6.07, 6.45) is 1.93. The quantitative estimate of drug-likeness (QED) is 0.488. The second-order valence-corrected chi connectivity index (χ2v) is 3.65. The summed E-state index contributed by atoms with van der Waals surface area (Å²) in [5, 5.41) is 2.32. The van der Waals surface area contributed by atoms with E-state index >= 15 is 0 Å². The highest BCUT2D eigenvalue weighted by atomic mass is 16.7. The Balaban J connectivity index is 2.25. The molecule has 0 aliphatic carbocycles. The minimum atomic E-state index is -0.590. The zero-order valence-electron chi connectivity index (χ0n) is 10.3. The van der Waals surface area contributed by atoms with Crippen molar-refractivity contribution < 1.29 is 23.8 Å². The molecule has 1 aliphatic heterocycles. The zero-order valence-corrected chi connectivity index (χ0v) is 10.3. The maximum absolute atomic E-state index is 11.6. The molecule has 2 rings (SSSR count). The molecule has 1 heterocycles. The average molecular weight is 263 g/mol. The Bertz CT molecular complexity index is 524. The molecule has 0 fully saturated rings. The number of carbonyl (C=O) groups excluding carboxylic acids is 2. The lowest BCUT2D eigenvalue weighted by Crippen LogP contribution is -2.20. The molecule has 0 aromatic heterocycles. The van der Waals surface area contributed by atoms with E-state index < -0.39 is 5.97 Å². The number of nitrogens with one attached hydrogen (secondary N) is 1. The van der Waals surface area contributed by atoms with E-state index in [1.165, 1.54) is 6.08 Å². The minimum Gasteiger partial charge on any atom is -0.461 e. The molecule has 0 unspecified atom stereocenters. The average Bonchev–Trinajstić information content (AvgIpc) is 2.86. The van der Waals surface area contributed by atoms with Gasteiger partial charge in [0.1, 0.15) is 5.70 Å². The summed E-state index contributed by atoms with van der Waals surface area (Å²) >= 11 is 0. The fourth-order valence-corrected chi connectivity index (χ4v) is 1.60. The maximum Gasteiger partial charge on any atom is 0.354 e. The summed E-state index contributed by atoms with van der Waals surface area (Å²) in [5.74, 6) is 0.661. The third-order valence-corrected chi connectivity index (χ3v) is 2.42. The Labute approximate surface area is 110 Å². The summed E-state index contributed by atoms with van der Waals surface area (Å²) in [7, 11) is 0. The standard InChI is InChI=1S/C13H13NO5/c1-2-17-13(16)10(14-7-15)5-9-3-4-11-12(6-9)19-8-18-11/h3-7H,2,8H2,1H3,(H,14,15). The molecule has 0 saturated carbocycles. The molecule has 0 radical (unpaired) electrons. The summed E-state index contributed by atoms with van der Waals surface area (Å²) in [6, 6.07) is 5.20. The molecule has 1 aliphatic rings. The molecule has 1 amide bonds. The van der Waals surface area contributed by atoms with Crippen LogP contribution in [0.25, 0.3) is 6.08 Å². The van der Waals surface area contributed by atoms with Crippen molar-refractivity contribution in [1.82, 2.24) is 5.32 Å². The highest BCUT2D eigenvalue weighted by Gasteiger charge is 2.14. The van der Waals surface area contributed by atoms with E-state index in [9.17, 15) is 9.59 Å². The first-order valence-electron chi connectivity index (χ1n) is 5.73. The van der Waals surface area contributed by atoms with E-state index in [0.717, 1.165) is 0 Å². The molecule has 0 atom stereocenters. The van der Waals surface area contributed by atoms with Crippen LogP contribution in [-0.4, -0.2) is 25.8 Å². The number of ether oxygens (including phenoxy) is 3. The summed E-state index contributed by atoms with van der Waals surface area (Å²) in [4.78, 5) is 22.1. The molecule has 1 aromatic rings. The lowest BCUT2D eigenvalue weighted by molar-refractivity contribution is -0.139. The number of carbonyl (C=O) groups is 2. The monoisotopic (exact) mass is 263 g/mol. The molecule has 19 heavy (non-hydrogen) atoms. The van der Waals surface area contributed by atoms with Crippen LogP contribution in [0.5, 0.6) is 11.5 Å². The Kier molecular flexibility index (Phi) is 4.02. The van der Waals surface area contributed by atoms with Crippen molar-refractivity contribution in [3.63, 3.8) is 0 Å². The number of esters is 1. The van der Waals surface area contributed by atoms with Gasteiger partial charge in [0.25, 0.3) is 0 Å². The van der Waals surface area contributed by atoms with Crippen molar-refractivity contribution >= 4 is 18.5 Å². The van der Waals surface area contributed by atoms with E-state index in [1.807, 2.05) is 0 Å². The van der Waals surface area contributed by atoms with Gasteiger partial charge in [-0.1, -0.05) is 6.07 Å². The van der Waals surface area contributed by atoms with Gasteiger partial charge < -0.3 is 19.5 Å². The fraction of sp³-hybridized carbons (Fsp3) is 0.231. The number of hydrogen-bond acceptors (Lipinski definition) is 5. The topological polar surface area (TPSA) is 73.9 Å². The Morgan fingerprint density at radius 1 is 1.42 bits per heavy atom. The first kappa shape index (κ1) is 12.9. The van der Waals surface area contributed by atoms with Crippen LogP contribution in [-0.2, 0) is 14.3 Å². The van der Waals surface area contributed by atoms with Gasteiger partial charge >= 0.3 is 5.97 Å². The first-order valence-corrected chi connectivity index (χ1v) is 5.73. The van der Waals surface area contributed by atoms with Gasteiger partial charge in [-0.05, 0) is 30.7 Å². The number of rotatable bonds is 5. The predicted molar refractivity (Wildman–Crippen MR) is 66.4 cm³/mol. The number of benzene rings is 1. The highest BCUT2D eigenvalue weighted by Crippen LogP contribution is 2.32. The van der Waals surface area contributed by atoms with Gasteiger partial charge in [0.2, 0.25) is 13.2 Å². The molecule has 1 N–H and O–H groups in total. The predicted octanol–water partition coefficient (Wildman–Crippen LogP) is 1.07. The van der Waals surface area contributed by atoms with Crippen LogP contribution in [0, 0.1) is 0 Å². The maximum atomic E-state index is 11.6. The van der Waals surface area contributed by atoms with Gasteiger partial charge in [-0.15, -0.1) is 0 Å². The Morgan fingerprint density at radius 3 is 2.95 bits per heavy atom. The fourth-order valence-electron chi connectivity index (χ4n) is 1.60. The molecule has 6 nitrogen and oxygen atoms in total. The van der Waals surface area contributed by atoms with E-state index in [4.69, 9.17) is 14.2 Å². The van der Waals surface area contributed by atoms with Crippen molar-refractivity contribution in [2.24, 2.45) is 0 Å². The van der Waals surface area contributed by atoms with Crippen molar-refractivity contribution in [3.8, 4) is 11.5 Å². The van der Waals surface area contributed by atoms with E-state index in [2.05, 4.69) is 5.32 Å². The van der Waals surface area contributed by atoms with Crippen LogP contribution < -0.4 is 14.8 Å². The smallest absolute Gasteiger partial charge is 0.354 e. The van der Waals surface area contributed by atoms with Gasteiger partial charge in [-0.3, -0.25) is 4.79 Å². The van der Waals surface area contributed by atoms with E-state index in [1.54, 1.807) is 25.1 Å². The second-order valence-electron chi connectivity index (χ2n) is 3.65. The van der Waals surface area contributed by atoms with Crippen molar-refractivity contribution in [1.29, 1.82) is 0 Å². The molecule has 0 bridgehead atoms. The number of hydrogen-bond donors (Lipinski definition) is 1. The zero-order chi connectivity index (χ0) is 13.7. The van der Waals surface area contributed by atoms with Gasteiger partial charge in [-0.2, -0.15) is 0 Å². The van der Waals surface area contributed by atoms with Crippen LogP contribution in [0.1, 0.15) is 12.5 Å². The van der Waals surface area contributed by atoms with Crippen LogP contribution in [0.4, 0.5) is 0 Å². The van der Waals surface area contributed by atoms with E-state index in [0.29, 0.717) is 23.5 Å². The van der Waals surface area contributed by atoms with Crippen molar-refractivity contribution in [3.05, 3.63) is 29.5 Å². The summed E-state index contributed by atoms with van der Waals surface area (Å²) in [5.41, 5.74) is 0.761. The van der Waals surface area contributed by atoms with Gasteiger partial charge in [-0.25, -0.2) is 4.79 Å². The SMILES string of the molecule is CCOC(=O)C(=Cc1ccc2c(c1)OCO2)NC=O. The van der Waals surface area contributed by atoms with Crippen LogP contribution in [0.2, 0.25) is 0 Å². The lowest BCUT2D eigenvalue weighted by atomic mass is 10.1. The van der Waals surface area contributed by atoms with Gasteiger partial charge in [0, 0.05) is 0 Å². The third-order valence-electron chi connectivity index (χ3n) is 2.42. The summed E-state index contributed by atoms with van der Waals surface area (Å²) in [6.45, 7) is 2.11. The van der Waals surface area contributed by atoms with Crippen molar-refractivity contribution in [2.75, 3.05) is 13.4 Å². The summed E-state index contributed by atoms with van der Waals surface area (Å²) < 4.78 is 15.3. The largest absolute Gasteiger partial charge is 0.461 e. The number of amides is 1. The molecule has 0 spiro atoms.